The lowest BCUT2D eigenvalue weighted by Crippen LogP contribution is -2.60. The number of halogens is 4. The Bertz CT molecular complexity index is 3220. The molecule has 10 amide bonds. The first-order chi connectivity index (χ1) is 47.1. The number of rotatable bonds is 48. The van der Waals surface area contributed by atoms with Gasteiger partial charge in [-0.15, -0.1) is 0 Å². The maximum Gasteiger partial charge on any atom is 0.322 e. The number of nitrogens with one attached hydrogen (secondary N) is 10. The van der Waals surface area contributed by atoms with Gasteiger partial charge in [-0.1, -0.05) is 13.8 Å². The molecule has 0 bridgehead atoms. The lowest BCUT2D eigenvalue weighted by atomic mass is 10.0. The predicted molar refractivity (Wildman–Crippen MR) is 337 cm³/mol. The van der Waals surface area contributed by atoms with Crippen LogP contribution in [0.1, 0.15) is 123 Å². The van der Waals surface area contributed by atoms with Gasteiger partial charge in [0, 0.05) is 57.2 Å². The molecule has 1 aromatic carbocycles. The highest BCUT2D eigenvalue weighted by Crippen LogP contribution is 2.30. The molecule has 0 aliphatic rings. The van der Waals surface area contributed by atoms with Gasteiger partial charge in [0.05, 0.1) is 6.04 Å². The number of carboxylic acids is 6. The Morgan fingerprint density at radius 3 is 1.00 bits per heavy atom. The highest BCUT2D eigenvalue weighted by Gasteiger charge is 2.38. The quantitative estimate of drug-likeness (QED) is 0.00949. The number of phenolic OH excluding ortho intramolecular Hbond substituents is 1. The summed E-state index contributed by atoms with van der Waals surface area (Å²) < 4.78 is 58.1. The summed E-state index contributed by atoms with van der Waals surface area (Å²) in [5.41, 5.74) is 26.0. The number of benzene rings is 1. The van der Waals surface area contributed by atoms with E-state index in [0.29, 0.717) is 0 Å². The number of nitrogens with zero attached hydrogens (tertiary/aromatic N) is 2. The van der Waals surface area contributed by atoms with E-state index in [1.165, 1.54) is 0 Å². The van der Waals surface area contributed by atoms with Crippen LogP contribution >= 0.6 is 0 Å². The molecule has 564 valence electrons. The van der Waals surface area contributed by atoms with Crippen molar-refractivity contribution < 1.29 is 130 Å². The van der Waals surface area contributed by atoms with Crippen LogP contribution in [0.3, 0.4) is 0 Å². The highest BCUT2D eigenvalue weighted by molar-refractivity contribution is 5.99. The molecule has 0 spiro atoms. The van der Waals surface area contributed by atoms with Crippen molar-refractivity contribution in [2.75, 3.05) is 19.6 Å². The zero-order valence-electron chi connectivity index (χ0n) is 54.7. The number of aliphatic imine (C=N–C) groups is 2. The van der Waals surface area contributed by atoms with E-state index in [1.807, 2.05) is 16.0 Å². The SMILES string of the molecule is CC(C)C[C@H](NC(=O)[C@H](CCCN=C(N)N)NC(=O)[C@@H](N)CCCN=C(N)N)C(=O)N[C@@H](CCC(=O)O)C(=O)N[C@@H](CCC(=O)O)C(=O)N[C@@H](CCC(=O)O)C(=O)N[C@@H](CCC(=O)O)C(=O)N[C@@H](CCC(=O)O)C(=O)N[C@@H](C)C(=O)NC(Cc1c(F)c(F)c(O)c(F)c1F)C(=O)NCC(=O)O. The fourth-order valence-electron chi connectivity index (χ4n) is 8.94. The number of guanidine groups is 2. The molecular formula is C57H85F4N17O23. The molecule has 0 aromatic heterocycles. The second kappa shape index (κ2) is 43.9. The zero-order valence-corrected chi connectivity index (χ0v) is 54.7. The largest absolute Gasteiger partial charge is 0.503 e. The van der Waals surface area contributed by atoms with Crippen LogP contribution in [-0.4, -0.2) is 223 Å². The predicted octanol–water partition coefficient (Wildman–Crippen LogP) is -6.12. The molecule has 27 N–H and O–H groups in total. The van der Waals surface area contributed by atoms with Crippen LogP contribution in [0.15, 0.2) is 9.98 Å². The second-order valence-corrected chi connectivity index (χ2v) is 22.9. The van der Waals surface area contributed by atoms with Gasteiger partial charge in [-0.25, -0.2) is 8.78 Å². The van der Waals surface area contributed by atoms with E-state index in [4.69, 9.17) is 33.8 Å². The van der Waals surface area contributed by atoms with E-state index in [2.05, 4.69) is 41.9 Å². The van der Waals surface area contributed by atoms with E-state index in [0.717, 1.165) is 6.92 Å². The summed E-state index contributed by atoms with van der Waals surface area (Å²) in [5.74, 6) is -35.3. The normalized spacial score (nSPS) is 13.9. The maximum atomic E-state index is 14.8. The average molecular weight is 1450 g/mol. The number of aliphatic carboxylic acids is 6. The van der Waals surface area contributed by atoms with Crippen molar-refractivity contribution in [2.45, 2.75) is 184 Å². The molecule has 0 aliphatic heterocycles. The number of phenols is 1. The minimum Gasteiger partial charge on any atom is -0.503 e. The Morgan fingerprint density at radius 1 is 0.376 bits per heavy atom. The van der Waals surface area contributed by atoms with Crippen LogP contribution in [0.5, 0.6) is 5.75 Å². The second-order valence-electron chi connectivity index (χ2n) is 22.9. The van der Waals surface area contributed by atoms with Crippen molar-refractivity contribution >= 4 is 107 Å². The maximum absolute atomic E-state index is 14.8. The lowest BCUT2D eigenvalue weighted by Gasteiger charge is -2.28. The summed E-state index contributed by atoms with van der Waals surface area (Å²) in [7, 11) is 0. The molecule has 0 saturated carbocycles. The van der Waals surface area contributed by atoms with Crippen molar-refractivity contribution in [3.05, 3.63) is 28.8 Å². The molecule has 0 radical (unpaired) electrons. The average Bonchev–Trinajstić information content (AvgIpc) is 0.793. The van der Waals surface area contributed by atoms with Crippen molar-refractivity contribution in [2.24, 2.45) is 44.6 Å². The third kappa shape index (κ3) is 33.7. The molecule has 40 nitrogen and oxygen atoms in total. The smallest absolute Gasteiger partial charge is 0.322 e. The summed E-state index contributed by atoms with van der Waals surface area (Å²) in [6.45, 7) is 2.97. The summed E-state index contributed by atoms with van der Waals surface area (Å²) >= 11 is 0. The Hall–Kier alpha value is -11.2. The van der Waals surface area contributed by atoms with Crippen LogP contribution in [0.2, 0.25) is 0 Å². The van der Waals surface area contributed by atoms with Gasteiger partial charge in [-0.3, -0.25) is 86.7 Å². The number of carbonyl (C=O) groups is 16. The lowest BCUT2D eigenvalue weighted by molar-refractivity contribution is -0.141. The molecule has 1 aromatic rings. The summed E-state index contributed by atoms with van der Waals surface area (Å²) in [6.07, 6.45) is -10.6. The van der Waals surface area contributed by atoms with Crippen LogP contribution < -0.4 is 81.8 Å². The number of hydrogen-bond acceptors (Lipinski definition) is 20. The fourth-order valence-corrected chi connectivity index (χ4v) is 8.94. The Balaban J connectivity index is 3.72. The molecule has 0 aliphatic carbocycles. The Labute approximate surface area is 571 Å². The molecule has 101 heavy (non-hydrogen) atoms. The van der Waals surface area contributed by atoms with E-state index < -0.39 is 273 Å². The van der Waals surface area contributed by atoms with Gasteiger partial charge in [0.2, 0.25) is 70.7 Å². The monoisotopic (exact) mass is 1450 g/mol. The Morgan fingerprint density at radius 2 is 0.673 bits per heavy atom. The molecule has 44 heteroatoms. The minimum atomic E-state index is -2.33. The van der Waals surface area contributed by atoms with E-state index in [-0.39, 0.29) is 57.1 Å². The molecule has 10 atom stereocenters. The first-order valence-corrected chi connectivity index (χ1v) is 30.8. The van der Waals surface area contributed by atoms with Crippen LogP contribution in [0, 0.1) is 29.2 Å². The third-order valence-corrected chi connectivity index (χ3v) is 14.2. The number of aromatic hydroxyl groups is 1. The van der Waals surface area contributed by atoms with Gasteiger partial charge in [0.1, 0.15) is 60.9 Å². The van der Waals surface area contributed by atoms with Crippen LogP contribution in [0.25, 0.3) is 0 Å². The number of carbonyl (C=O) groups excluding carboxylic acids is 10. The number of nitrogens with two attached hydrogens (primary N) is 5. The summed E-state index contributed by atoms with van der Waals surface area (Å²) in [5, 5.41) is 87.6. The number of carboxylic acid groups (broad SMARTS) is 6. The van der Waals surface area contributed by atoms with E-state index in [9.17, 15) is 125 Å². The van der Waals surface area contributed by atoms with Crippen LogP contribution in [0.4, 0.5) is 17.6 Å². The molecule has 1 rings (SSSR count). The van der Waals surface area contributed by atoms with Gasteiger partial charge < -0.3 is 118 Å². The number of hydrogen-bond donors (Lipinski definition) is 22. The topological polar surface area (TPSA) is 690 Å². The summed E-state index contributed by atoms with van der Waals surface area (Å²) in [6, 6.07) is -18.9. The standard InChI is InChI=1S/C57H85F4N17O23/c1-23(2)20-33(78-50(96)27(7-5-19-68-57(65)66)71-47(93)26(62)6-4-18-67-56(63)64)55(101)76-32(12-17-39(87)88)54(100)75-31(11-16-38(85)86)53(99)74-30(10-15-37(83)84)52(98)73-29(9-14-36(81)82)51(97)72-28(8-13-35(79)80)49(95)70-24(3)46(92)77-34(48(94)69-22-40(89)90)21-25-41(58)43(60)45(91)44(61)42(25)59/h23-24,26-34,91H,4-22,62H2,1-3H3,(H,69,94)(H,70,95)(H,71,93)(H,72,97)(H,73,98)(H,74,99)(H,75,100)(H,76,101)(H,77,92)(H,78,96)(H,79,80)(H,81,82)(H,83,84)(H,85,86)(H,87,88)(H,89,90)(H4,63,64,67)(H4,65,66,68)/t24-,26-,27-,28-,29-,30-,31-,32-,33-,34?/m0/s1. The zero-order chi connectivity index (χ0) is 77.1. The van der Waals surface area contributed by atoms with E-state index >= 15 is 0 Å². The highest BCUT2D eigenvalue weighted by atomic mass is 19.2. The van der Waals surface area contributed by atoms with Crippen molar-refractivity contribution in [1.82, 2.24) is 53.2 Å². The van der Waals surface area contributed by atoms with Gasteiger partial charge in [-0.2, -0.15) is 8.78 Å². The van der Waals surface area contributed by atoms with Gasteiger partial charge in [-0.05, 0) is 77.0 Å². The first-order valence-electron chi connectivity index (χ1n) is 30.8. The summed E-state index contributed by atoms with van der Waals surface area (Å²) in [4.78, 5) is 216. The van der Waals surface area contributed by atoms with Gasteiger partial charge in [0.15, 0.2) is 29.3 Å². The molecule has 0 saturated heterocycles. The number of amides is 10. The molecular weight excluding hydrogens is 1370 g/mol. The molecule has 1 unspecified atom stereocenters. The van der Waals surface area contributed by atoms with Crippen molar-refractivity contribution in [1.29, 1.82) is 0 Å². The molecule has 0 heterocycles. The van der Waals surface area contributed by atoms with E-state index in [1.54, 1.807) is 19.2 Å². The fraction of sp³-hybridized carbons (Fsp3) is 0.579. The van der Waals surface area contributed by atoms with Crippen LogP contribution in [-0.2, 0) is 83.1 Å². The van der Waals surface area contributed by atoms with Gasteiger partial charge >= 0.3 is 35.8 Å². The van der Waals surface area contributed by atoms with Gasteiger partial charge in [0.25, 0.3) is 0 Å². The molecule has 0 fully saturated rings. The third-order valence-electron chi connectivity index (χ3n) is 14.2. The minimum absolute atomic E-state index is 0.0282. The first kappa shape index (κ1) is 87.8. The Kier molecular flexibility index (Phi) is 38.2. The van der Waals surface area contributed by atoms with Crippen molar-refractivity contribution in [3.8, 4) is 5.75 Å². The van der Waals surface area contributed by atoms with Crippen molar-refractivity contribution in [3.63, 3.8) is 0 Å².